The van der Waals surface area contributed by atoms with Crippen molar-refractivity contribution in [3.05, 3.63) is 35.9 Å². The molecule has 0 saturated carbocycles. The van der Waals surface area contributed by atoms with Gasteiger partial charge in [0.1, 0.15) is 11.6 Å². The van der Waals surface area contributed by atoms with E-state index < -0.39 is 23.6 Å². The first kappa shape index (κ1) is 21.1. The first-order chi connectivity index (χ1) is 11.8. The standard InChI is InChI=1S/C19H30N2O4/c1-19(2,3)25-17(22)14-24-18(23)16(11-7-8-12-20)21-13-15-9-5-4-6-10-15/h4-6,9-10,16,21H,7-8,11-14,20H2,1-3H3/t16-/m0/s1. The number of hydrogen-bond acceptors (Lipinski definition) is 6. The molecule has 1 atom stereocenters. The minimum Gasteiger partial charge on any atom is -0.457 e. The Morgan fingerprint density at radius 1 is 1.16 bits per heavy atom. The molecule has 140 valence electrons. The van der Waals surface area contributed by atoms with Crippen molar-refractivity contribution in [2.45, 2.75) is 58.2 Å². The van der Waals surface area contributed by atoms with Crippen LogP contribution in [0.1, 0.15) is 45.6 Å². The van der Waals surface area contributed by atoms with E-state index in [1.54, 1.807) is 20.8 Å². The largest absolute Gasteiger partial charge is 0.457 e. The maximum atomic E-state index is 12.3. The van der Waals surface area contributed by atoms with Crippen molar-refractivity contribution in [1.82, 2.24) is 5.32 Å². The molecule has 0 heterocycles. The molecule has 25 heavy (non-hydrogen) atoms. The smallest absolute Gasteiger partial charge is 0.344 e. The molecular weight excluding hydrogens is 320 g/mol. The van der Waals surface area contributed by atoms with Crippen molar-refractivity contribution >= 4 is 11.9 Å². The number of nitrogens with two attached hydrogens (primary N) is 1. The molecule has 0 unspecified atom stereocenters. The van der Waals surface area contributed by atoms with Gasteiger partial charge in [0.25, 0.3) is 0 Å². The number of ether oxygens (including phenoxy) is 2. The molecule has 0 aliphatic heterocycles. The van der Waals surface area contributed by atoms with Gasteiger partial charge in [0.15, 0.2) is 6.61 Å². The number of esters is 2. The Morgan fingerprint density at radius 3 is 2.44 bits per heavy atom. The van der Waals surface area contributed by atoms with E-state index in [2.05, 4.69) is 5.32 Å². The molecular formula is C19H30N2O4. The second-order valence-electron chi connectivity index (χ2n) is 6.90. The summed E-state index contributed by atoms with van der Waals surface area (Å²) in [6.45, 7) is 6.06. The molecule has 1 aromatic carbocycles. The summed E-state index contributed by atoms with van der Waals surface area (Å²) in [7, 11) is 0. The number of rotatable bonds is 10. The second-order valence-corrected chi connectivity index (χ2v) is 6.90. The van der Waals surface area contributed by atoms with E-state index in [1.165, 1.54) is 0 Å². The van der Waals surface area contributed by atoms with Gasteiger partial charge in [-0.1, -0.05) is 36.8 Å². The predicted molar refractivity (Wildman–Crippen MR) is 96.8 cm³/mol. The molecule has 1 aromatic rings. The zero-order valence-corrected chi connectivity index (χ0v) is 15.4. The number of benzene rings is 1. The summed E-state index contributed by atoms with van der Waals surface area (Å²) < 4.78 is 10.3. The van der Waals surface area contributed by atoms with Gasteiger partial charge in [-0.3, -0.25) is 4.79 Å². The van der Waals surface area contributed by atoms with Crippen molar-refractivity contribution in [2.24, 2.45) is 5.73 Å². The lowest BCUT2D eigenvalue weighted by Gasteiger charge is -2.21. The monoisotopic (exact) mass is 350 g/mol. The highest BCUT2D eigenvalue weighted by Gasteiger charge is 2.22. The number of nitrogens with one attached hydrogen (secondary N) is 1. The van der Waals surface area contributed by atoms with Crippen molar-refractivity contribution < 1.29 is 19.1 Å². The number of carbonyl (C=O) groups is 2. The van der Waals surface area contributed by atoms with Crippen LogP contribution in [0.5, 0.6) is 0 Å². The van der Waals surface area contributed by atoms with Crippen LogP contribution in [0.15, 0.2) is 30.3 Å². The van der Waals surface area contributed by atoms with Crippen LogP contribution in [-0.2, 0) is 25.6 Å². The average molecular weight is 350 g/mol. The first-order valence-electron chi connectivity index (χ1n) is 8.67. The number of hydrogen-bond donors (Lipinski definition) is 2. The van der Waals surface area contributed by atoms with Gasteiger partial charge in [-0.05, 0) is 45.7 Å². The highest BCUT2D eigenvalue weighted by molar-refractivity contribution is 5.79. The van der Waals surface area contributed by atoms with E-state index in [0.717, 1.165) is 18.4 Å². The van der Waals surface area contributed by atoms with Gasteiger partial charge in [-0.25, -0.2) is 4.79 Å². The fourth-order valence-electron chi connectivity index (χ4n) is 2.23. The van der Waals surface area contributed by atoms with E-state index in [0.29, 0.717) is 19.5 Å². The predicted octanol–water partition coefficient (Wildman–Crippen LogP) is 2.16. The summed E-state index contributed by atoms with van der Waals surface area (Å²) in [5.74, 6) is -0.997. The Hall–Kier alpha value is -1.92. The lowest BCUT2D eigenvalue weighted by molar-refractivity contribution is -0.167. The van der Waals surface area contributed by atoms with Crippen LogP contribution >= 0.6 is 0 Å². The molecule has 6 heteroatoms. The highest BCUT2D eigenvalue weighted by Crippen LogP contribution is 2.08. The SMILES string of the molecule is CC(C)(C)OC(=O)COC(=O)[C@H](CCCCN)NCc1ccccc1. The average Bonchev–Trinajstić information content (AvgIpc) is 2.55. The van der Waals surface area contributed by atoms with Gasteiger partial charge >= 0.3 is 11.9 Å². The van der Waals surface area contributed by atoms with Crippen LogP contribution in [0.2, 0.25) is 0 Å². The Balaban J connectivity index is 2.52. The molecule has 0 amide bonds. The third kappa shape index (κ3) is 9.84. The van der Waals surface area contributed by atoms with Gasteiger partial charge in [-0.15, -0.1) is 0 Å². The second kappa shape index (κ2) is 10.8. The van der Waals surface area contributed by atoms with Crippen LogP contribution in [0, 0.1) is 0 Å². The Morgan fingerprint density at radius 2 is 1.84 bits per heavy atom. The quantitative estimate of drug-likeness (QED) is 0.496. The third-order valence-electron chi connectivity index (χ3n) is 3.38. The van der Waals surface area contributed by atoms with E-state index in [9.17, 15) is 9.59 Å². The lowest BCUT2D eigenvalue weighted by atomic mass is 10.1. The molecule has 0 fully saturated rings. The van der Waals surface area contributed by atoms with Crippen molar-refractivity contribution in [1.29, 1.82) is 0 Å². The molecule has 6 nitrogen and oxygen atoms in total. The zero-order chi connectivity index (χ0) is 18.7. The number of unbranched alkanes of at least 4 members (excludes halogenated alkanes) is 1. The van der Waals surface area contributed by atoms with Crippen LogP contribution in [0.3, 0.4) is 0 Å². The van der Waals surface area contributed by atoms with Gasteiger partial charge in [0.05, 0.1) is 0 Å². The van der Waals surface area contributed by atoms with Gasteiger partial charge in [0, 0.05) is 6.54 Å². The van der Waals surface area contributed by atoms with Crippen molar-refractivity contribution in [3.8, 4) is 0 Å². The van der Waals surface area contributed by atoms with Gasteiger partial charge < -0.3 is 20.5 Å². The van der Waals surface area contributed by atoms with Crippen LogP contribution in [0.4, 0.5) is 0 Å². The molecule has 0 aliphatic carbocycles. The first-order valence-corrected chi connectivity index (χ1v) is 8.67. The summed E-state index contributed by atoms with van der Waals surface area (Å²) in [5, 5.41) is 3.20. The van der Waals surface area contributed by atoms with Gasteiger partial charge in [0.2, 0.25) is 0 Å². The summed E-state index contributed by atoms with van der Waals surface area (Å²) in [4.78, 5) is 24.0. The molecule has 0 spiro atoms. The summed E-state index contributed by atoms with van der Waals surface area (Å²) in [5.41, 5.74) is 5.99. The lowest BCUT2D eigenvalue weighted by Crippen LogP contribution is -2.39. The zero-order valence-electron chi connectivity index (χ0n) is 15.4. The van der Waals surface area contributed by atoms with E-state index in [4.69, 9.17) is 15.2 Å². The third-order valence-corrected chi connectivity index (χ3v) is 3.38. The molecule has 0 aliphatic rings. The van der Waals surface area contributed by atoms with Crippen molar-refractivity contribution in [3.63, 3.8) is 0 Å². The molecule has 0 saturated heterocycles. The van der Waals surface area contributed by atoms with E-state index in [1.807, 2.05) is 30.3 Å². The van der Waals surface area contributed by atoms with E-state index >= 15 is 0 Å². The minimum atomic E-state index is -0.602. The fraction of sp³-hybridized carbons (Fsp3) is 0.579. The maximum Gasteiger partial charge on any atom is 0.344 e. The molecule has 0 aromatic heterocycles. The summed E-state index contributed by atoms with van der Waals surface area (Å²) in [6, 6.07) is 9.32. The van der Waals surface area contributed by atoms with Crippen LogP contribution < -0.4 is 11.1 Å². The Labute approximate surface area is 150 Å². The summed E-state index contributed by atoms with van der Waals surface area (Å²) in [6.07, 6.45) is 2.25. The van der Waals surface area contributed by atoms with E-state index in [-0.39, 0.29) is 6.61 Å². The molecule has 3 N–H and O–H groups in total. The summed E-state index contributed by atoms with van der Waals surface area (Å²) >= 11 is 0. The normalized spacial score (nSPS) is 12.5. The molecule has 0 bridgehead atoms. The van der Waals surface area contributed by atoms with Gasteiger partial charge in [-0.2, -0.15) is 0 Å². The van der Waals surface area contributed by atoms with Crippen LogP contribution in [-0.4, -0.2) is 36.7 Å². The minimum absolute atomic E-state index is 0.378. The Kier molecular flexibility index (Phi) is 9.16. The molecule has 1 rings (SSSR count). The Bertz CT molecular complexity index is 526. The highest BCUT2D eigenvalue weighted by atomic mass is 16.6. The molecule has 0 radical (unpaired) electrons. The van der Waals surface area contributed by atoms with Crippen LogP contribution in [0.25, 0.3) is 0 Å². The fourth-order valence-corrected chi connectivity index (χ4v) is 2.23. The van der Waals surface area contributed by atoms with Crippen molar-refractivity contribution in [2.75, 3.05) is 13.2 Å². The number of carbonyl (C=O) groups excluding carboxylic acids is 2. The topological polar surface area (TPSA) is 90.7 Å². The maximum absolute atomic E-state index is 12.3.